The highest BCUT2D eigenvalue weighted by molar-refractivity contribution is 6.21. The van der Waals surface area contributed by atoms with Crippen molar-refractivity contribution in [1.82, 2.24) is 9.97 Å². The second-order valence-electron chi connectivity index (χ2n) is 3.96. The van der Waals surface area contributed by atoms with Crippen molar-refractivity contribution in [3.8, 4) is 0 Å². The Hall–Kier alpha value is -1.22. The molecule has 16 heavy (non-hydrogen) atoms. The summed E-state index contributed by atoms with van der Waals surface area (Å²) in [5.74, 6) is 2.75. The van der Waals surface area contributed by atoms with Gasteiger partial charge in [0.15, 0.2) is 0 Å². The van der Waals surface area contributed by atoms with Crippen LogP contribution < -0.4 is 0 Å². The quantitative estimate of drug-likeness (QED) is 0.833. The van der Waals surface area contributed by atoms with Gasteiger partial charge in [0.05, 0.1) is 5.38 Å². The first-order valence-electron chi connectivity index (χ1n) is 5.28. The van der Waals surface area contributed by atoms with Crippen LogP contribution in [-0.2, 0) is 6.42 Å². The van der Waals surface area contributed by atoms with Crippen LogP contribution >= 0.6 is 11.6 Å². The van der Waals surface area contributed by atoms with E-state index in [0.717, 1.165) is 28.5 Å². The Morgan fingerprint density at radius 3 is 2.62 bits per heavy atom. The van der Waals surface area contributed by atoms with Gasteiger partial charge in [0.25, 0.3) is 0 Å². The second kappa shape index (κ2) is 4.34. The van der Waals surface area contributed by atoms with Crippen molar-refractivity contribution >= 4 is 11.6 Å². The molecule has 1 atom stereocenters. The molecule has 0 aliphatic heterocycles. The number of nitrogens with zero attached hydrogens (tertiary/aromatic N) is 1. The third-order valence-electron chi connectivity index (χ3n) is 2.86. The minimum Gasteiger partial charge on any atom is -0.466 e. The molecule has 2 aromatic rings. The van der Waals surface area contributed by atoms with Crippen molar-refractivity contribution in [3.63, 3.8) is 0 Å². The summed E-state index contributed by atoms with van der Waals surface area (Å²) in [6.45, 7) is 5.95. The van der Waals surface area contributed by atoms with Crippen molar-refractivity contribution in [1.29, 1.82) is 0 Å². The normalized spacial score (nSPS) is 13.0. The number of aryl methyl sites for hydroxylation is 2. The third kappa shape index (κ3) is 2.00. The van der Waals surface area contributed by atoms with E-state index in [-0.39, 0.29) is 5.38 Å². The molecule has 2 rings (SSSR count). The molecule has 0 spiro atoms. The van der Waals surface area contributed by atoms with Gasteiger partial charge in [0, 0.05) is 24.4 Å². The van der Waals surface area contributed by atoms with Gasteiger partial charge < -0.3 is 9.40 Å². The van der Waals surface area contributed by atoms with Crippen LogP contribution in [0.15, 0.2) is 16.8 Å². The number of hydrogen-bond donors (Lipinski definition) is 1. The van der Waals surface area contributed by atoms with E-state index in [2.05, 4.69) is 9.97 Å². The van der Waals surface area contributed by atoms with Gasteiger partial charge >= 0.3 is 0 Å². The maximum Gasteiger partial charge on any atom is 0.107 e. The SMILES string of the molecule is Cc1oc(C)c(C(Cl)Cc2ncc[nH]2)c1C. The van der Waals surface area contributed by atoms with Crippen molar-refractivity contribution in [3.05, 3.63) is 40.9 Å². The fraction of sp³-hybridized carbons (Fsp3) is 0.417. The number of nitrogens with one attached hydrogen (secondary N) is 1. The summed E-state index contributed by atoms with van der Waals surface area (Å²) in [5, 5.41) is -0.0939. The van der Waals surface area contributed by atoms with E-state index >= 15 is 0 Å². The summed E-state index contributed by atoms with van der Waals surface area (Å²) in [6, 6.07) is 0. The lowest BCUT2D eigenvalue weighted by Gasteiger charge is -2.08. The Kier molecular flexibility index (Phi) is 3.06. The first kappa shape index (κ1) is 11.3. The number of furan rings is 1. The number of aromatic amines is 1. The van der Waals surface area contributed by atoms with Crippen LogP contribution in [-0.4, -0.2) is 9.97 Å². The summed E-state index contributed by atoms with van der Waals surface area (Å²) < 4.78 is 5.57. The Morgan fingerprint density at radius 1 is 1.38 bits per heavy atom. The van der Waals surface area contributed by atoms with Crippen LogP contribution in [0.25, 0.3) is 0 Å². The summed E-state index contributed by atoms with van der Waals surface area (Å²) in [6.07, 6.45) is 4.23. The molecule has 0 saturated carbocycles. The number of rotatable bonds is 3. The maximum absolute atomic E-state index is 6.40. The number of imidazole rings is 1. The lowest BCUT2D eigenvalue weighted by Crippen LogP contribution is -1.99. The van der Waals surface area contributed by atoms with Crippen LogP contribution in [0.2, 0.25) is 0 Å². The Morgan fingerprint density at radius 2 is 2.12 bits per heavy atom. The van der Waals surface area contributed by atoms with E-state index in [1.165, 1.54) is 0 Å². The molecule has 0 fully saturated rings. The number of hydrogen-bond acceptors (Lipinski definition) is 2. The summed E-state index contributed by atoms with van der Waals surface area (Å²) in [7, 11) is 0. The zero-order valence-electron chi connectivity index (χ0n) is 9.67. The van der Waals surface area contributed by atoms with Crippen molar-refractivity contribution in [2.45, 2.75) is 32.6 Å². The fourth-order valence-electron chi connectivity index (χ4n) is 1.95. The molecular formula is C12H15ClN2O. The van der Waals surface area contributed by atoms with Crippen molar-refractivity contribution in [2.75, 3.05) is 0 Å². The van der Waals surface area contributed by atoms with Gasteiger partial charge in [-0.2, -0.15) is 0 Å². The van der Waals surface area contributed by atoms with Crippen LogP contribution in [0, 0.1) is 20.8 Å². The minimum atomic E-state index is -0.0939. The van der Waals surface area contributed by atoms with Gasteiger partial charge in [-0.1, -0.05) is 0 Å². The lowest BCUT2D eigenvalue weighted by atomic mass is 10.0. The molecular weight excluding hydrogens is 224 g/mol. The average molecular weight is 239 g/mol. The van der Waals surface area contributed by atoms with Crippen LogP contribution in [0.3, 0.4) is 0 Å². The average Bonchev–Trinajstić information content (AvgIpc) is 2.77. The molecule has 0 saturated heterocycles. The van der Waals surface area contributed by atoms with E-state index in [1.807, 2.05) is 20.8 Å². The van der Waals surface area contributed by atoms with E-state index in [4.69, 9.17) is 16.0 Å². The summed E-state index contributed by atoms with van der Waals surface area (Å²) in [5.41, 5.74) is 2.24. The number of halogens is 1. The van der Waals surface area contributed by atoms with E-state index < -0.39 is 0 Å². The molecule has 0 aliphatic rings. The van der Waals surface area contributed by atoms with E-state index in [1.54, 1.807) is 12.4 Å². The number of alkyl halides is 1. The molecule has 0 bridgehead atoms. The van der Waals surface area contributed by atoms with Crippen molar-refractivity contribution in [2.24, 2.45) is 0 Å². The standard InChI is InChI=1S/C12H15ClN2O/c1-7-8(2)16-9(3)12(7)10(13)6-11-14-4-5-15-11/h4-5,10H,6H2,1-3H3,(H,14,15). The Bertz CT molecular complexity index is 473. The molecule has 0 aliphatic carbocycles. The summed E-state index contributed by atoms with van der Waals surface area (Å²) >= 11 is 6.40. The van der Waals surface area contributed by atoms with Gasteiger partial charge in [-0.15, -0.1) is 11.6 Å². The van der Waals surface area contributed by atoms with Crippen molar-refractivity contribution < 1.29 is 4.42 Å². The smallest absolute Gasteiger partial charge is 0.107 e. The van der Waals surface area contributed by atoms with Gasteiger partial charge in [-0.25, -0.2) is 4.98 Å². The van der Waals surface area contributed by atoms with Gasteiger partial charge in [0.1, 0.15) is 17.3 Å². The molecule has 1 unspecified atom stereocenters. The summed E-state index contributed by atoms with van der Waals surface area (Å²) in [4.78, 5) is 7.23. The Balaban J connectivity index is 2.24. The zero-order valence-corrected chi connectivity index (χ0v) is 10.4. The van der Waals surface area contributed by atoms with Gasteiger partial charge in [0.2, 0.25) is 0 Å². The lowest BCUT2D eigenvalue weighted by molar-refractivity contribution is 0.499. The molecule has 3 nitrogen and oxygen atoms in total. The highest BCUT2D eigenvalue weighted by atomic mass is 35.5. The van der Waals surface area contributed by atoms with Crippen LogP contribution in [0.5, 0.6) is 0 Å². The molecule has 0 radical (unpaired) electrons. The van der Waals surface area contributed by atoms with Gasteiger partial charge in [-0.3, -0.25) is 0 Å². The Labute approximate surface area is 99.8 Å². The first-order chi connectivity index (χ1) is 7.59. The second-order valence-corrected chi connectivity index (χ2v) is 4.49. The fourth-order valence-corrected chi connectivity index (χ4v) is 2.42. The molecule has 1 N–H and O–H groups in total. The van der Waals surface area contributed by atoms with Crippen LogP contribution in [0.4, 0.5) is 0 Å². The van der Waals surface area contributed by atoms with E-state index in [9.17, 15) is 0 Å². The highest BCUT2D eigenvalue weighted by Crippen LogP contribution is 2.32. The monoisotopic (exact) mass is 238 g/mol. The molecule has 2 aromatic heterocycles. The predicted octanol–water partition coefficient (Wildman–Crippen LogP) is 3.45. The molecule has 0 aromatic carbocycles. The topological polar surface area (TPSA) is 41.8 Å². The van der Waals surface area contributed by atoms with E-state index in [0.29, 0.717) is 6.42 Å². The number of aromatic nitrogens is 2. The minimum absolute atomic E-state index is 0.0939. The zero-order chi connectivity index (χ0) is 11.7. The number of H-pyrrole nitrogens is 1. The maximum atomic E-state index is 6.40. The van der Waals surface area contributed by atoms with Crippen LogP contribution in [0.1, 0.15) is 33.8 Å². The largest absolute Gasteiger partial charge is 0.466 e. The van der Waals surface area contributed by atoms with Gasteiger partial charge in [-0.05, 0) is 26.3 Å². The first-order valence-corrected chi connectivity index (χ1v) is 5.72. The molecule has 2 heterocycles. The third-order valence-corrected chi connectivity index (χ3v) is 3.23. The predicted molar refractivity (Wildman–Crippen MR) is 63.8 cm³/mol. The molecule has 86 valence electrons. The highest BCUT2D eigenvalue weighted by Gasteiger charge is 2.20. The molecule has 0 amide bonds. The molecule has 4 heteroatoms.